The first-order valence-electron chi connectivity index (χ1n) is 10.3. The number of rotatable bonds is 6. The third-order valence-corrected chi connectivity index (χ3v) is 6.43. The highest BCUT2D eigenvalue weighted by Crippen LogP contribution is 2.41. The van der Waals surface area contributed by atoms with E-state index in [2.05, 4.69) is 46.4 Å². The number of nitrogens with one attached hydrogen (secondary N) is 1. The number of hydrogen-bond donors (Lipinski definition) is 1. The Balaban J connectivity index is 1.65. The van der Waals surface area contributed by atoms with Gasteiger partial charge in [-0.3, -0.25) is 4.79 Å². The van der Waals surface area contributed by atoms with Crippen LogP contribution in [0.1, 0.15) is 51.5 Å². The number of hydrogen-bond acceptors (Lipinski definition) is 1. The fraction of sp³-hybridized carbons (Fsp3) is 0.269. The monoisotopic (exact) mass is 465 g/mol. The molecule has 0 saturated heterocycles. The summed E-state index contributed by atoms with van der Waals surface area (Å²) in [5.74, 6) is 0.105. The van der Waals surface area contributed by atoms with Crippen molar-refractivity contribution in [1.29, 1.82) is 0 Å². The van der Waals surface area contributed by atoms with Crippen molar-refractivity contribution >= 4 is 21.8 Å². The van der Waals surface area contributed by atoms with E-state index in [1.54, 1.807) is 13.0 Å². The van der Waals surface area contributed by atoms with Crippen molar-refractivity contribution in [1.82, 2.24) is 5.32 Å². The molecule has 1 atom stereocenters. The molecule has 0 heterocycles. The Morgan fingerprint density at radius 2 is 1.83 bits per heavy atom. The maximum Gasteiger partial charge on any atom is 0.251 e. The zero-order valence-corrected chi connectivity index (χ0v) is 18.8. The van der Waals surface area contributed by atoms with Crippen LogP contribution < -0.4 is 5.32 Å². The second-order valence-electron chi connectivity index (χ2n) is 8.16. The molecule has 1 aliphatic rings. The Hall–Kier alpha value is -2.46. The lowest BCUT2D eigenvalue weighted by molar-refractivity contribution is 0.0931. The van der Waals surface area contributed by atoms with Crippen molar-refractivity contribution in [3.05, 3.63) is 94.3 Å². The molecule has 1 fully saturated rings. The van der Waals surface area contributed by atoms with Gasteiger partial charge in [-0.15, -0.1) is 0 Å². The van der Waals surface area contributed by atoms with Gasteiger partial charge in [0.05, 0.1) is 6.04 Å². The second-order valence-corrected chi connectivity index (χ2v) is 8.73. The third kappa shape index (κ3) is 4.49. The molecule has 154 valence electrons. The van der Waals surface area contributed by atoms with Crippen LogP contribution in [0.5, 0.6) is 0 Å². The fourth-order valence-electron chi connectivity index (χ4n) is 3.94. The van der Waals surface area contributed by atoms with Gasteiger partial charge in [-0.1, -0.05) is 58.4 Å². The lowest BCUT2D eigenvalue weighted by atomic mass is 9.96. The molecule has 0 aromatic heterocycles. The van der Waals surface area contributed by atoms with Gasteiger partial charge in [-0.05, 0) is 84.2 Å². The molecule has 0 bridgehead atoms. The van der Waals surface area contributed by atoms with Gasteiger partial charge in [-0.25, -0.2) is 4.39 Å². The fourth-order valence-corrected chi connectivity index (χ4v) is 4.27. The molecule has 0 unspecified atom stereocenters. The van der Waals surface area contributed by atoms with E-state index in [9.17, 15) is 9.18 Å². The SMILES string of the molecule is Cc1cc([C@@H](NC(=O)c2cc(CBr)cc(-c3ccccc3C)c2)C2CC2)ccc1F. The zero-order chi connectivity index (χ0) is 21.3. The predicted molar refractivity (Wildman–Crippen MR) is 123 cm³/mol. The van der Waals surface area contributed by atoms with Crippen LogP contribution >= 0.6 is 15.9 Å². The molecule has 4 heteroatoms. The van der Waals surface area contributed by atoms with E-state index in [0.29, 0.717) is 22.4 Å². The summed E-state index contributed by atoms with van der Waals surface area (Å²) in [5.41, 5.74) is 6.62. The Bertz CT molecular complexity index is 1090. The average Bonchev–Trinajstić information content (AvgIpc) is 3.59. The number of alkyl halides is 1. The van der Waals surface area contributed by atoms with Gasteiger partial charge in [-0.2, -0.15) is 0 Å². The molecule has 4 rings (SSSR count). The van der Waals surface area contributed by atoms with Gasteiger partial charge in [0.15, 0.2) is 0 Å². The van der Waals surface area contributed by atoms with Crippen LogP contribution in [0.4, 0.5) is 4.39 Å². The van der Waals surface area contributed by atoms with Crippen LogP contribution in [0.2, 0.25) is 0 Å². The van der Waals surface area contributed by atoms with Crippen molar-refractivity contribution < 1.29 is 9.18 Å². The number of halogens is 2. The first-order valence-corrected chi connectivity index (χ1v) is 11.4. The third-order valence-electron chi connectivity index (χ3n) is 5.79. The van der Waals surface area contributed by atoms with Crippen LogP contribution in [-0.4, -0.2) is 5.91 Å². The lowest BCUT2D eigenvalue weighted by Gasteiger charge is -2.20. The summed E-state index contributed by atoms with van der Waals surface area (Å²) in [5, 5.41) is 3.90. The van der Waals surface area contributed by atoms with Gasteiger partial charge in [0.25, 0.3) is 5.91 Å². The molecule has 30 heavy (non-hydrogen) atoms. The molecule has 0 spiro atoms. The molecule has 1 saturated carbocycles. The summed E-state index contributed by atoms with van der Waals surface area (Å²) in [6.45, 7) is 3.84. The first-order chi connectivity index (χ1) is 14.5. The summed E-state index contributed by atoms with van der Waals surface area (Å²) in [6.07, 6.45) is 2.16. The Kier molecular flexibility index (Phi) is 6.05. The molecule has 0 aliphatic heterocycles. The summed E-state index contributed by atoms with van der Waals surface area (Å²) in [6, 6.07) is 19.3. The highest BCUT2D eigenvalue weighted by molar-refractivity contribution is 9.08. The van der Waals surface area contributed by atoms with Gasteiger partial charge in [0.1, 0.15) is 5.82 Å². The average molecular weight is 466 g/mol. The number of carbonyl (C=O) groups is 1. The number of amides is 1. The van der Waals surface area contributed by atoms with Crippen LogP contribution in [-0.2, 0) is 5.33 Å². The molecule has 1 amide bonds. The smallest absolute Gasteiger partial charge is 0.251 e. The maximum absolute atomic E-state index is 13.7. The first kappa shape index (κ1) is 20.8. The predicted octanol–water partition coefficient (Wildman–Crippen LogP) is 6.89. The van der Waals surface area contributed by atoms with E-state index >= 15 is 0 Å². The molecule has 1 aliphatic carbocycles. The highest BCUT2D eigenvalue weighted by Gasteiger charge is 2.34. The van der Waals surface area contributed by atoms with E-state index in [-0.39, 0.29) is 17.8 Å². The lowest BCUT2D eigenvalue weighted by Crippen LogP contribution is -2.30. The van der Waals surface area contributed by atoms with Crippen molar-refractivity contribution in [2.24, 2.45) is 5.92 Å². The van der Waals surface area contributed by atoms with Crippen molar-refractivity contribution in [2.45, 2.75) is 38.1 Å². The van der Waals surface area contributed by atoms with E-state index in [0.717, 1.165) is 35.1 Å². The van der Waals surface area contributed by atoms with Gasteiger partial charge >= 0.3 is 0 Å². The number of aryl methyl sites for hydroxylation is 2. The molecule has 3 aromatic carbocycles. The van der Waals surface area contributed by atoms with E-state index in [4.69, 9.17) is 0 Å². The zero-order valence-electron chi connectivity index (χ0n) is 17.2. The molecular formula is C26H25BrFNO. The van der Waals surface area contributed by atoms with E-state index in [1.807, 2.05) is 30.3 Å². The number of benzene rings is 3. The Morgan fingerprint density at radius 1 is 1.07 bits per heavy atom. The van der Waals surface area contributed by atoms with Crippen LogP contribution in [0.25, 0.3) is 11.1 Å². The molecule has 3 aromatic rings. The summed E-state index contributed by atoms with van der Waals surface area (Å²) < 4.78 is 13.7. The molecule has 0 radical (unpaired) electrons. The Morgan fingerprint density at radius 3 is 2.50 bits per heavy atom. The second kappa shape index (κ2) is 8.73. The van der Waals surface area contributed by atoms with Crippen molar-refractivity contribution in [3.8, 4) is 11.1 Å². The minimum absolute atomic E-state index is 0.0912. The minimum atomic E-state index is -0.215. The summed E-state index contributed by atoms with van der Waals surface area (Å²) in [4.78, 5) is 13.2. The van der Waals surface area contributed by atoms with Gasteiger partial charge < -0.3 is 5.32 Å². The quantitative estimate of drug-likeness (QED) is 0.394. The van der Waals surface area contributed by atoms with Crippen LogP contribution in [0, 0.1) is 25.6 Å². The molecular weight excluding hydrogens is 441 g/mol. The van der Waals surface area contributed by atoms with Gasteiger partial charge in [0, 0.05) is 10.9 Å². The summed E-state index contributed by atoms with van der Waals surface area (Å²) in [7, 11) is 0. The van der Waals surface area contributed by atoms with Crippen molar-refractivity contribution in [2.75, 3.05) is 0 Å². The molecule has 1 N–H and O–H groups in total. The largest absolute Gasteiger partial charge is 0.345 e. The Labute approximate surface area is 185 Å². The van der Waals surface area contributed by atoms with Crippen LogP contribution in [0.15, 0.2) is 60.7 Å². The van der Waals surface area contributed by atoms with Crippen molar-refractivity contribution in [3.63, 3.8) is 0 Å². The number of carbonyl (C=O) groups excluding carboxylic acids is 1. The highest BCUT2D eigenvalue weighted by atomic mass is 79.9. The minimum Gasteiger partial charge on any atom is -0.345 e. The maximum atomic E-state index is 13.7. The topological polar surface area (TPSA) is 29.1 Å². The summed E-state index contributed by atoms with van der Waals surface area (Å²) >= 11 is 3.53. The van der Waals surface area contributed by atoms with Crippen LogP contribution in [0.3, 0.4) is 0 Å². The normalized spacial score (nSPS) is 14.4. The van der Waals surface area contributed by atoms with E-state index < -0.39 is 0 Å². The standard InChI is InChI=1S/C26H25BrFNO/c1-16-5-3-4-6-23(16)21-12-18(15-27)13-22(14-21)26(30)29-25(19-7-8-19)20-9-10-24(28)17(2)11-20/h3-6,9-14,19,25H,7-8,15H2,1-2H3,(H,29,30)/t25-/m0/s1. The van der Waals surface area contributed by atoms with E-state index in [1.165, 1.54) is 11.6 Å². The van der Waals surface area contributed by atoms with Gasteiger partial charge in [0.2, 0.25) is 0 Å². The molecule has 2 nitrogen and oxygen atoms in total.